The summed E-state index contributed by atoms with van der Waals surface area (Å²) in [6.45, 7) is 8.54. The van der Waals surface area contributed by atoms with Gasteiger partial charge in [0.25, 0.3) is 0 Å². The molecular formula is C40H48N12O6. The molecule has 304 valence electrons. The number of carboxylic acid groups (broad SMARTS) is 1. The molecule has 2 aliphatic rings. The van der Waals surface area contributed by atoms with Gasteiger partial charge in [-0.2, -0.15) is 0 Å². The fourth-order valence-electron chi connectivity index (χ4n) is 7.88. The van der Waals surface area contributed by atoms with Crippen LogP contribution in [-0.2, 0) is 14.3 Å². The Labute approximate surface area is 334 Å². The maximum atomic E-state index is 13.6. The van der Waals surface area contributed by atoms with E-state index in [2.05, 4.69) is 35.2 Å². The van der Waals surface area contributed by atoms with Gasteiger partial charge in [0, 0.05) is 49.9 Å². The number of likely N-dealkylation sites (N-methyl/N-ethyl adjacent to an activating group) is 1. The molecule has 0 bridgehead atoms. The lowest BCUT2D eigenvalue weighted by Gasteiger charge is -2.33. The van der Waals surface area contributed by atoms with Gasteiger partial charge in [0.05, 0.1) is 54.0 Å². The number of nitrogens with zero attached hydrogens (tertiary/aromatic N) is 9. The van der Waals surface area contributed by atoms with Crippen LogP contribution in [0, 0.1) is 11.8 Å². The Morgan fingerprint density at radius 1 is 0.828 bits per heavy atom. The molecule has 0 unspecified atom stereocenters. The molecule has 4 N–H and O–H groups in total. The monoisotopic (exact) mass is 792 g/mol. The summed E-state index contributed by atoms with van der Waals surface area (Å²) < 4.78 is 4.74. The van der Waals surface area contributed by atoms with Crippen molar-refractivity contribution >= 4 is 35.0 Å². The van der Waals surface area contributed by atoms with Gasteiger partial charge in [0.1, 0.15) is 29.4 Å². The highest BCUT2D eigenvalue weighted by Crippen LogP contribution is 2.35. The fraction of sp³-hybridized carbons (Fsp3) is 0.450. The number of likely N-dealkylation sites (tertiary alicyclic amines) is 2. The average Bonchev–Trinajstić information content (AvgIpc) is 4.06. The van der Waals surface area contributed by atoms with Gasteiger partial charge < -0.3 is 34.9 Å². The second-order valence-electron chi connectivity index (χ2n) is 15.4. The van der Waals surface area contributed by atoms with E-state index < -0.39 is 24.3 Å². The molecular weight excluding hydrogens is 745 g/mol. The molecule has 5 aromatic rings. The third kappa shape index (κ3) is 7.90. The van der Waals surface area contributed by atoms with Crippen molar-refractivity contribution in [1.29, 1.82) is 0 Å². The standard InChI is InChI=1S/C40H48N12O6/c1-21(2)32(49-39(55)58-6)37(53)51-13-7-9-30(51)35-45-19-28(48-35)24-16-42-34(43-17-24)29-20-41-26-15-23(11-12-25(26)46-29)27-18-44-36(47-27)31-10-8-14-52(31)38(54)33(22(3)4)50(5)40(56)57/h11-12,15-22,30-33H,7-10,13-14H2,1-6H3,(H,44,47)(H,45,48)(H,49,55)(H,56,57)/t30-,31-,32-,33-/m0/s1. The van der Waals surface area contributed by atoms with E-state index >= 15 is 0 Å². The van der Waals surface area contributed by atoms with Crippen molar-refractivity contribution in [2.45, 2.75) is 77.5 Å². The lowest BCUT2D eigenvalue weighted by molar-refractivity contribution is -0.138. The lowest BCUT2D eigenvalue weighted by atomic mass is 10.0. The number of ether oxygens (including phenoxy) is 1. The minimum Gasteiger partial charge on any atom is -0.465 e. The summed E-state index contributed by atoms with van der Waals surface area (Å²) in [7, 11) is 2.71. The van der Waals surface area contributed by atoms with Crippen molar-refractivity contribution in [3.8, 4) is 34.0 Å². The number of H-pyrrole nitrogens is 2. The maximum absolute atomic E-state index is 13.6. The number of fused-ring (bicyclic) bond motifs is 1. The van der Waals surface area contributed by atoms with Crippen LogP contribution in [0.1, 0.15) is 77.1 Å². The van der Waals surface area contributed by atoms with E-state index in [1.54, 1.807) is 40.8 Å². The number of benzene rings is 1. The van der Waals surface area contributed by atoms with Gasteiger partial charge >= 0.3 is 12.2 Å². The van der Waals surface area contributed by atoms with Gasteiger partial charge in [0.15, 0.2) is 5.82 Å². The highest BCUT2D eigenvalue weighted by Gasteiger charge is 2.40. The lowest BCUT2D eigenvalue weighted by Crippen LogP contribution is -2.51. The van der Waals surface area contributed by atoms with Crippen molar-refractivity contribution in [3.05, 3.63) is 60.8 Å². The minimum atomic E-state index is -1.14. The van der Waals surface area contributed by atoms with E-state index in [0.717, 1.165) is 41.8 Å². The van der Waals surface area contributed by atoms with Gasteiger partial charge in [-0.25, -0.2) is 34.5 Å². The SMILES string of the molecule is COC(=O)N[C@H](C(=O)N1CCC[C@H]1c1nc(-c2cnc(-c3cnc4cc(-c5cnc([C@@H]6CCCN6C(=O)[C@H](C(C)C)N(C)C(=O)O)[nH]5)ccc4n3)nc2)c[nH]1)C(C)C. The Morgan fingerprint density at radius 3 is 2.17 bits per heavy atom. The summed E-state index contributed by atoms with van der Waals surface area (Å²) in [5, 5.41) is 12.3. The van der Waals surface area contributed by atoms with Crippen LogP contribution in [0.15, 0.2) is 49.2 Å². The first kappa shape index (κ1) is 39.8. The van der Waals surface area contributed by atoms with E-state index in [-0.39, 0.29) is 35.7 Å². The van der Waals surface area contributed by atoms with Crippen LogP contribution >= 0.6 is 0 Å². The smallest absolute Gasteiger partial charge is 0.407 e. The number of rotatable bonds is 11. The number of amides is 4. The predicted octanol–water partition coefficient (Wildman–Crippen LogP) is 5.21. The highest BCUT2D eigenvalue weighted by molar-refractivity contribution is 5.87. The Kier molecular flexibility index (Phi) is 11.4. The van der Waals surface area contributed by atoms with Crippen molar-refractivity contribution in [3.63, 3.8) is 0 Å². The molecule has 2 saturated heterocycles. The van der Waals surface area contributed by atoms with Crippen LogP contribution < -0.4 is 5.32 Å². The maximum Gasteiger partial charge on any atom is 0.407 e. The summed E-state index contributed by atoms with van der Waals surface area (Å²) in [5.41, 5.74) is 4.72. The number of alkyl carbamates (subject to hydrolysis) is 1. The average molecular weight is 793 g/mol. The number of aromatic nitrogens is 8. The number of hydrogen-bond donors (Lipinski definition) is 4. The summed E-state index contributed by atoms with van der Waals surface area (Å²) in [5.74, 6) is 0.963. The van der Waals surface area contributed by atoms with Crippen LogP contribution in [-0.4, -0.2) is 123 Å². The van der Waals surface area contributed by atoms with Gasteiger partial charge in [-0.1, -0.05) is 33.8 Å². The number of imidazole rings is 2. The Balaban J connectivity index is 1.03. The van der Waals surface area contributed by atoms with Gasteiger partial charge in [0.2, 0.25) is 11.8 Å². The summed E-state index contributed by atoms with van der Waals surface area (Å²) in [6.07, 6.45) is 9.74. The van der Waals surface area contributed by atoms with Gasteiger partial charge in [-0.3, -0.25) is 19.5 Å². The topological polar surface area (TPSA) is 228 Å². The number of carbonyl (C=O) groups excluding carboxylic acids is 3. The van der Waals surface area contributed by atoms with Crippen LogP contribution in [0.25, 0.3) is 45.1 Å². The Hall–Kier alpha value is -6.46. The van der Waals surface area contributed by atoms with Gasteiger partial charge in [-0.05, 0) is 49.7 Å². The zero-order chi connectivity index (χ0) is 41.2. The molecule has 0 radical (unpaired) electrons. The van der Waals surface area contributed by atoms with Crippen molar-refractivity contribution in [1.82, 2.24) is 59.9 Å². The van der Waals surface area contributed by atoms with Crippen molar-refractivity contribution < 1.29 is 29.0 Å². The quantitative estimate of drug-likeness (QED) is 0.135. The van der Waals surface area contributed by atoms with E-state index in [4.69, 9.17) is 14.7 Å². The molecule has 0 aliphatic carbocycles. The number of aromatic amines is 2. The molecule has 2 fully saturated rings. The Bertz CT molecular complexity index is 2310. The number of nitrogens with one attached hydrogen (secondary N) is 3. The van der Waals surface area contributed by atoms with Crippen LogP contribution in [0.4, 0.5) is 9.59 Å². The van der Waals surface area contributed by atoms with E-state index in [9.17, 15) is 24.3 Å². The molecule has 4 aromatic heterocycles. The zero-order valence-electron chi connectivity index (χ0n) is 33.3. The normalized spacial score (nSPS) is 17.9. The molecule has 7 rings (SSSR count). The molecule has 6 heterocycles. The van der Waals surface area contributed by atoms with Crippen molar-refractivity contribution in [2.75, 3.05) is 27.2 Å². The molecule has 1 aromatic carbocycles. The van der Waals surface area contributed by atoms with Crippen LogP contribution in [0.2, 0.25) is 0 Å². The van der Waals surface area contributed by atoms with Crippen LogP contribution in [0.3, 0.4) is 0 Å². The van der Waals surface area contributed by atoms with E-state index in [0.29, 0.717) is 58.5 Å². The molecule has 0 spiro atoms. The highest BCUT2D eigenvalue weighted by atomic mass is 16.5. The fourth-order valence-corrected chi connectivity index (χ4v) is 7.88. The minimum absolute atomic E-state index is 0.133. The third-order valence-corrected chi connectivity index (χ3v) is 10.9. The summed E-state index contributed by atoms with van der Waals surface area (Å²) >= 11 is 0. The number of methoxy groups -OCH3 is 1. The second kappa shape index (κ2) is 16.6. The molecule has 58 heavy (non-hydrogen) atoms. The first-order valence-electron chi connectivity index (χ1n) is 19.5. The summed E-state index contributed by atoms with van der Waals surface area (Å²) in [4.78, 5) is 90.0. The first-order chi connectivity index (χ1) is 27.8. The number of hydrogen-bond acceptors (Lipinski definition) is 11. The molecule has 4 atom stereocenters. The van der Waals surface area contributed by atoms with Crippen LogP contribution in [0.5, 0.6) is 0 Å². The van der Waals surface area contributed by atoms with Crippen molar-refractivity contribution in [2.24, 2.45) is 11.8 Å². The molecule has 18 nitrogen and oxygen atoms in total. The largest absolute Gasteiger partial charge is 0.465 e. The number of carbonyl (C=O) groups is 4. The molecule has 0 saturated carbocycles. The molecule has 4 amide bonds. The van der Waals surface area contributed by atoms with E-state index in [1.165, 1.54) is 14.2 Å². The second-order valence-corrected chi connectivity index (χ2v) is 15.4. The van der Waals surface area contributed by atoms with E-state index in [1.807, 2.05) is 45.9 Å². The van der Waals surface area contributed by atoms with Gasteiger partial charge in [-0.15, -0.1) is 0 Å². The predicted molar refractivity (Wildman–Crippen MR) is 212 cm³/mol. The zero-order valence-corrected chi connectivity index (χ0v) is 33.3. The third-order valence-electron chi connectivity index (χ3n) is 10.9. The summed E-state index contributed by atoms with van der Waals surface area (Å²) in [6, 6.07) is 3.63. The first-order valence-corrected chi connectivity index (χ1v) is 19.5. The molecule has 18 heteroatoms. The molecule has 2 aliphatic heterocycles. The Morgan fingerprint density at radius 2 is 1.52 bits per heavy atom.